The van der Waals surface area contributed by atoms with E-state index in [-0.39, 0.29) is 11.6 Å². The van der Waals surface area contributed by atoms with Crippen molar-refractivity contribution in [3.05, 3.63) is 35.7 Å². The number of nitrogens with zero attached hydrogens (tertiary/aromatic N) is 1. The molecule has 0 radical (unpaired) electrons. The zero-order valence-corrected chi connectivity index (χ0v) is 11.4. The predicted octanol–water partition coefficient (Wildman–Crippen LogP) is 1.66. The molecule has 6 heteroatoms. The van der Waals surface area contributed by atoms with Crippen LogP contribution in [0.25, 0.3) is 6.08 Å². The van der Waals surface area contributed by atoms with Gasteiger partial charge in [-0.2, -0.15) is 11.8 Å². The minimum absolute atomic E-state index is 0.240. The number of carboxylic acid groups (broad SMARTS) is 1. The van der Waals surface area contributed by atoms with Crippen LogP contribution >= 0.6 is 11.8 Å². The Morgan fingerprint density at radius 3 is 3.00 bits per heavy atom. The number of thioether (sulfide) groups is 1. The van der Waals surface area contributed by atoms with Gasteiger partial charge in [0.25, 0.3) is 5.91 Å². The number of carboxylic acids is 1. The van der Waals surface area contributed by atoms with Gasteiger partial charge < -0.3 is 10.4 Å². The first-order valence-corrected chi connectivity index (χ1v) is 7.17. The molecule has 102 valence electrons. The zero-order chi connectivity index (χ0) is 14.1. The Kier molecular flexibility index (Phi) is 6.67. The van der Waals surface area contributed by atoms with Gasteiger partial charge in [-0.25, -0.2) is 4.79 Å². The van der Waals surface area contributed by atoms with Gasteiger partial charge in [0.2, 0.25) is 0 Å². The van der Waals surface area contributed by atoms with Gasteiger partial charge in [0.15, 0.2) is 0 Å². The number of aromatic nitrogens is 1. The molecule has 1 heterocycles. The van der Waals surface area contributed by atoms with Crippen LogP contribution in [0.1, 0.15) is 22.5 Å². The number of hydrogen-bond donors (Lipinski definition) is 2. The molecule has 0 aliphatic carbocycles. The minimum atomic E-state index is -1.06. The quantitative estimate of drug-likeness (QED) is 0.586. The predicted molar refractivity (Wildman–Crippen MR) is 76.2 cm³/mol. The Balaban J connectivity index is 2.71. The van der Waals surface area contributed by atoms with Crippen LogP contribution in [0.2, 0.25) is 0 Å². The number of nitrogens with one attached hydrogen (secondary N) is 1. The summed E-state index contributed by atoms with van der Waals surface area (Å²) in [5.41, 5.74) is 0.733. The normalized spacial score (nSPS) is 10.6. The number of hydrogen-bond acceptors (Lipinski definition) is 4. The number of aliphatic carboxylic acids is 1. The number of carbonyl (C=O) groups excluding carboxylic acids is 1. The van der Waals surface area contributed by atoms with Crippen molar-refractivity contribution in [3.8, 4) is 0 Å². The summed E-state index contributed by atoms with van der Waals surface area (Å²) in [4.78, 5) is 26.4. The molecule has 0 atom stereocenters. The van der Waals surface area contributed by atoms with E-state index in [4.69, 9.17) is 5.11 Å². The Bertz CT molecular complexity index is 475. The fraction of sp³-hybridized carbons (Fsp3) is 0.308. The lowest BCUT2D eigenvalue weighted by molar-refractivity contribution is -0.131. The highest BCUT2D eigenvalue weighted by atomic mass is 32.2. The standard InChI is InChI=1S/C13H16N2O3S/c1-19-9-3-8-15-13(18)12-10(4-2-7-14-12)5-6-11(16)17/h2,4-7H,3,8-9H2,1H3,(H,15,18)(H,16,17)/b6-5+. The van der Waals surface area contributed by atoms with Gasteiger partial charge >= 0.3 is 5.97 Å². The van der Waals surface area contributed by atoms with Gasteiger partial charge in [0.05, 0.1) is 0 Å². The third kappa shape index (κ3) is 5.56. The smallest absolute Gasteiger partial charge is 0.328 e. The maximum Gasteiger partial charge on any atom is 0.328 e. The Morgan fingerprint density at radius 2 is 2.32 bits per heavy atom. The van der Waals surface area contributed by atoms with Crippen molar-refractivity contribution < 1.29 is 14.7 Å². The third-order valence-corrected chi connectivity index (χ3v) is 2.97. The van der Waals surface area contributed by atoms with Gasteiger partial charge in [0, 0.05) is 24.4 Å². The van der Waals surface area contributed by atoms with Gasteiger partial charge in [-0.15, -0.1) is 0 Å². The second-order valence-electron chi connectivity index (χ2n) is 3.72. The van der Waals surface area contributed by atoms with E-state index in [1.165, 1.54) is 12.3 Å². The molecule has 2 N–H and O–H groups in total. The van der Waals surface area contributed by atoms with E-state index in [0.717, 1.165) is 18.2 Å². The third-order valence-electron chi connectivity index (χ3n) is 2.27. The largest absolute Gasteiger partial charge is 0.478 e. The van der Waals surface area contributed by atoms with Crippen molar-refractivity contribution >= 4 is 29.7 Å². The molecule has 1 aromatic rings. The average molecular weight is 280 g/mol. The monoisotopic (exact) mass is 280 g/mol. The highest BCUT2D eigenvalue weighted by Gasteiger charge is 2.10. The molecule has 0 aliphatic rings. The van der Waals surface area contributed by atoms with Gasteiger partial charge in [-0.05, 0) is 30.6 Å². The molecule has 0 unspecified atom stereocenters. The molecular formula is C13H16N2O3S. The summed E-state index contributed by atoms with van der Waals surface area (Å²) in [6.45, 7) is 0.582. The van der Waals surface area contributed by atoms with E-state index in [2.05, 4.69) is 10.3 Å². The van der Waals surface area contributed by atoms with Crippen molar-refractivity contribution in [1.29, 1.82) is 0 Å². The number of carbonyl (C=O) groups is 2. The van der Waals surface area contributed by atoms with Crippen LogP contribution < -0.4 is 5.32 Å². The molecule has 1 rings (SSSR count). The molecule has 0 spiro atoms. The second kappa shape index (κ2) is 8.31. The van der Waals surface area contributed by atoms with E-state index in [1.54, 1.807) is 23.9 Å². The van der Waals surface area contributed by atoms with Crippen molar-refractivity contribution in [1.82, 2.24) is 10.3 Å². The van der Waals surface area contributed by atoms with E-state index in [1.807, 2.05) is 6.26 Å². The van der Waals surface area contributed by atoms with Gasteiger partial charge in [0.1, 0.15) is 5.69 Å². The fourth-order valence-corrected chi connectivity index (χ4v) is 1.84. The molecule has 0 bridgehead atoms. The van der Waals surface area contributed by atoms with E-state index in [0.29, 0.717) is 12.1 Å². The van der Waals surface area contributed by atoms with Crippen LogP contribution in [-0.2, 0) is 4.79 Å². The average Bonchev–Trinajstić information content (AvgIpc) is 2.41. The molecule has 0 fully saturated rings. The summed E-state index contributed by atoms with van der Waals surface area (Å²) in [5.74, 6) is -0.365. The summed E-state index contributed by atoms with van der Waals surface area (Å²) in [7, 11) is 0. The minimum Gasteiger partial charge on any atom is -0.478 e. The first-order valence-electron chi connectivity index (χ1n) is 5.78. The summed E-state index contributed by atoms with van der Waals surface area (Å²) < 4.78 is 0. The van der Waals surface area contributed by atoms with Gasteiger partial charge in [-0.3, -0.25) is 9.78 Å². The maximum absolute atomic E-state index is 11.9. The van der Waals surface area contributed by atoms with E-state index >= 15 is 0 Å². The van der Waals surface area contributed by atoms with Crippen LogP contribution in [0.5, 0.6) is 0 Å². The van der Waals surface area contributed by atoms with Crippen LogP contribution in [-0.4, -0.2) is 40.5 Å². The fourth-order valence-electron chi connectivity index (χ4n) is 1.41. The Labute approximate surface area is 116 Å². The molecule has 0 aromatic carbocycles. The molecule has 1 amide bonds. The molecule has 5 nitrogen and oxygen atoms in total. The Morgan fingerprint density at radius 1 is 1.53 bits per heavy atom. The highest BCUT2D eigenvalue weighted by Crippen LogP contribution is 2.07. The van der Waals surface area contributed by atoms with Crippen molar-refractivity contribution in [2.75, 3.05) is 18.6 Å². The highest BCUT2D eigenvalue weighted by molar-refractivity contribution is 7.98. The molecule has 0 saturated heterocycles. The van der Waals surface area contributed by atoms with Crippen LogP contribution in [0.3, 0.4) is 0 Å². The van der Waals surface area contributed by atoms with E-state index < -0.39 is 5.97 Å². The first-order chi connectivity index (χ1) is 9.15. The van der Waals surface area contributed by atoms with Crippen molar-refractivity contribution in [2.45, 2.75) is 6.42 Å². The van der Waals surface area contributed by atoms with E-state index in [9.17, 15) is 9.59 Å². The lowest BCUT2D eigenvalue weighted by atomic mass is 10.1. The zero-order valence-electron chi connectivity index (χ0n) is 10.6. The molecule has 0 saturated carbocycles. The molecular weight excluding hydrogens is 264 g/mol. The summed E-state index contributed by atoms with van der Waals surface area (Å²) >= 11 is 1.72. The lowest BCUT2D eigenvalue weighted by Crippen LogP contribution is -2.26. The molecule has 0 aliphatic heterocycles. The van der Waals surface area contributed by atoms with Crippen LogP contribution in [0, 0.1) is 0 Å². The van der Waals surface area contributed by atoms with Gasteiger partial charge in [-0.1, -0.05) is 6.07 Å². The molecule has 1 aromatic heterocycles. The summed E-state index contributed by atoms with van der Waals surface area (Å²) in [6, 6.07) is 3.31. The SMILES string of the molecule is CSCCCNC(=O)c1ncccc1/C=C/C(=O)O. The Hall–Kier alpha value is -1.82. The maximum atomic E-state index is 11.9. The topological polar surface area (TPSA) is 79.3 Å². The number of rotatable bonds is 7. The molecule has 19 heavy (non-hydrogen) atoms. The summed E-state index contributed by atoms with van der Waals surface area (Å²) in [5, 5.41) is 11.4. The van der Waals surface area contributed by atoms with Crippen LogP contribution in [0.15, 0.2) is 24.4 Å². The second-order valence-corrected chi connectivity index (χ2v) is 4.70. The summed E-state index contributed by atoms with van der Waals surface area (Å²) in [6.07, 6.45) is 6.76. The number of pyridine rings is 1. The van der Waals surface area contributed by atoms with Crippen LogP contribution in [0.4, 0.5) is 0 Å². The first kappa shape index (κ1) is 15.2. The number of amides is 1. The van der Waals surface area contributed by atoms with Crippen molar-refractivity contribution in [3.63, 3.8) is 0 Å². The van der Waals surface area contributed by atoms with Crippen molar-refractivity contribution in [2.24, 2.45) is 0 Å². The lowest BCUT2D eigenvalue weighted by Gasteiger charge is -2.06.